The van der Waals surface area contributed by atoms with Crippen molar-refractivity contribution in [3.05, 3.63) is 35.0 Å². The lowest BCUT2D eigenvalue weighted by Crippen LogP contribution is -2.49. The molecule has 1 aliphatic rings. The Kier molecular flexibility index (Phi) is 5.03. The Labute approximate surface area is 151 Å². The van der Waals surface area contributed by atoms with Gasteiger partial charge in [-0.15, -0.1) is 0 Å². The van der Waals surface area contributed by atoms with E-state index in [1.165, 1.54) is 4.68 Å². The highest BCUT2D eigenvalue weighted by Gasteiger charge is 2.23. The van der Waals surface area contributed by atoms with Gasteiger partial charge in [-0.05, 0) is 19.1 Å². The van der Waals surface area contributed by atoms with Crippen LogP contribution in [0, 0.1) is 6.92 Å². The first-order valence-corrected chi connectivity index (χ1v) is 8.45. The molecule has 1 N–H and O–H groups in total. The predicted octanol–water partition coefficient (Wildman–Crippen LogP) is 1.91. The Hall–Kier alpha value is -2.41. The molecule has 1 fully saturated rings. The summed E-state index contributed by atoms with van der Waals surface area (Å²) in [5.41, 5.74) is 1.71. The molecule has 1 aliphatic heterocycles. The minimum absolute atomic E-state index is 0.0118. The van der Waals surface area contributed by atoms with Crippen molar-refractivity contribution in [1.29, 1.82) is 0 Å². The van der Waals surface area contributed by atoms with Gasteiger partial charge in [-0.2, -0.15) is 5.10 Å². The van der Waals surface area contributed by atoms with Crippen LogP contribution in [0.15, 0.2) is 24.3 Å². The van der Waals surface area contributed by atoms with Crippen molar-refractivity contribution in [3.8, 4) is 11.6 Å². The Morgan fingerprint density at radius 2 is 2.00 bits per heavy atom. The molecule has 0 saturated carbocycles. The zero-order chi connectivity index (χ0) is 18.0. The third-order valence-corrected chi connectivity index (χ3v) is 4.61. The molecule has 8 heteroatoms. The molecule has 134 valence electrons. The average Bonchev–Trinajstić information content (AvgIpc) is 2.92. The Morgan fingerprint density at radius 3 is 2.60 bits per heavy atom. The summed E-state index contributed by atoms with van der Waals surface area (Å²) >= 11 is 6.07. The molecule has 25 heavy (non-hydrogen) atoms. The Morgan fingerprint density at radius 1 is 1.28 bits per heavy atom. The number of carbonyl (C=O) groups excluding carboxylic acids is 1. The largest absolute Gasteiger partial charge is 0.495 e. The topological polar surface area (TPSA) is 70.8 Å². The number of carbonyl (C=O) groups is 1. The first-order valence-electron chi connectivity index (χ1n) is 8.07. The molecule has 0 atom stereocenters. The maximum absolute atomic E-state index is 12.4. The van der Waals surface area contributed by atoms with Gasteiger partial charge in [-0.3, -0.25) is 4.79 Å². The van der Waals surface area contributed by atoms with Crippen LogP contribution in [0.2, 0.25) is 5.02 Å². The lowest BCUT2D eigenvalue weighted by molar-refractivity contribution is -0.132. The van der Waals surface area contributed by atoms with Crippen LogP contribution in [0.5, 0.6) is 11.6 Å². The van der Waals surface area contributed by atoms with Crippen LogP contribution >= 0.6 is 11.6 Å². The van der Waals surface area contributed by atoms with Crippen LogP contribution in [0.25, 0.3) is 0 Å². The van der Waals surface area contributed by atoms with Gasteiger partial charge in [0.25, 0.3) is 0 Å². The van der Waals surface area contributed by atoms with E-state index in [2.05, 4.69) is 10.00 Å². The van der Waals surface area contributed by atoms with E-state index < -0.39 is 0 Å². The van der Waals surface area contributed by atoms with Crippen LogP contribution in [0.3, 0.4) is 0 Å². The highest BCUT2D eigenvalue weighted by Crippen LogP contribution is 2.29. The quantitative estimate of drug-likeness (QED) is 0.897. The highest BCUT2D eigenvalue weighted by molar-refractivity contribution is 6.32. The Balaban J connectivity index is 1.60. The number of hydrogen-bond donors (Lipinski definition) is 1. The van der Waals surface area contributed by atoms with Gasteiger partial charge < -0.3 is 19.6 Å². The van der Waals surface area contributed by atoms with E-state index in [9.17, 15) is 9.90 Å². The molecule has 1 aromatic carbocycles. The molecule has 0 radical (unpaired) electrons. The number of methoxy groups -OCH3 is 1. The number of ether oxygens (including phenoxy) is 1. The predicted molar refractivity (Wildman–Crippen MR) is 95.4 cm³/mol. The number of hydrogen-bond acceptors (Lipinski definition) is 5. The molecule has 0 bridgehead atoms. The third kappa shape index (κ3) is 3.82. The maximum atomic E-state index is 12.4. The van der Waals surface area contributed by atoms with Crippen molar-refractivity contribution < 1.29 is 14.6 Å². The summed E-state index contributed by atoms with van der Waals surface area (Å²) in [6.07, 6.45) is 0. The fourth-order valence-electron chi connectivity index (χ4n) is 2.94. The Bertz CT molecular complexity index is 769. The average molecular weight is 365 g/mol. The summed E-state index contributed by atoms with van der Waals surface area (Å²) < 4.78 is 6.59. The van der Waals surface area contributed by atoms with E-state index in [1.54, 1.807) is 25.0 Å². The van der Waals surface area contributed by atoms with E-state index in [-0.39, 0.29) is 18.3 Å². The molecule has 0 unspecified atom stereocenters. The third-order valence-electron chi connectivity index (χ3n) is 4.30. The fraction of sp³-hybridized carbons (Fsp3) is 0.412. The molecule has 0 aliphatic carbocycles. The number of amides is 1. The minimum atomic E-state index is -0.0493. The number of piperazine rings is 1. The molecule has 1 aromatic heterocycles. The van der Waals surface area contributed by atoms with Gasteiger partial charge in [0.2, 0.25) is 11.8 Å². The summed E-state index contributed by atoms with van der Waals surface area (Å²) in [5.74, 6) is 0.603. The molecule has 1 amide bonds. The van der Waals surface area contributed by atoms with Crippen LogP contribution in [0.1, 0.15) is 5.69 Å². The summed E-state index contributed by atoms with van der Waals surface area (Å²) in [7, 11) is 1.59. The van der Waals surface area contributed by atoms with Gasteiger partial charge in [0, 0.05) is 44.0 Å². The zero-order valence-electron chi connectivity index (χ0n) is 14.3. The molecule has 0 spiro atoms. The summed E-state index contributed by atoms with van der Waals surface area (Å²) in [4.78, 5) is 16.4. The van der Waals surface area contributed by atoms with Gasteiger partial charge in [0.15, 0.2) is 0 Å². The number of rotatable bonds is 4. The highest BCUT2D eigenvalue weighted by atomic mass is 35.5. The van der Waals surface area contributed by atoms with Gasteiger partial charge in [-0.1, -0.05) is 11.6 Å². The smallest absolute Gasteiger partial charge is 0.244 e. The molecule has 7 nitrogen and oxygen atoms in total. The van der Waals surface area contributed by atoms with Gasteiger partial charge in [-0.25, -0.2) is 4.68 Å². The zero-order valence-corrected chi connectivity index (χ0v) is 15.0. The lowest BCUT2D eigenvalue weighted by Gasteiger charge is -2.36. The van der Waals surface area contributed by atoms with Gasteiger partial charge >= 0.3 is 0 Å². The summed E-state index contributed by atoms with van der Waals surface area (Å²) in [6.45, 7) is 4.51. The van der Waals surface area contributed by atoms with Crippen LogP contribution in [0.4, 0.5) is 5.69 Å². The van der Waals surface area contributed by atoms with E-state index in [4.69, 9.17) is 16.3 Å². The first kappa shape index (κ1) is 17.4. The number of aryl methyl sites for hydroxylation is 1. The number of halogens is 1. The monoisotopic (exact) mass is 364 g/mol. The standard InChI is InChI=1S/C17H21ClN4O3/c1-12-9-16(23)22(19-12)11-17(24)21-7-5-20(6-8-21)13-3-4-14(18)15(10-13)25-2/h3-4,9-10,23H,5-8,11H2,1-2H3. The summed E-state index contributed by atoms with van der Waals surface area (Å²) in [5, 5.41) is 14.4. The number of aromatic nitrogens is 2. The number of aromatic hydroxyl groups is 1. The summed E-state index contributed by atoms with van der Waals surface area (Å²) in [6, 6.07) is 7.21. The van der Waals surface area contributed by atoms with E-state index in [1.807, 2.05) is 18.2 Å². The van der Waals surface area contributed by atoms with Crippen molar-refractivity contribution in [2.24, 2.45) is 0 Å². The van der Waals surface area contributed by atoms with E-state index in [0.717, 1.165) is 18.8 Å². The van der Waals surface area contributed by atoms with Gasteiger partial charge in [0.05, 0.1) is 17.8 Å². The lowest BCUT2D eigenvalue weighted by atomic mass is 10.2. The van der Waals surface area contributed by atoms with Crippen molar-refractivity contribution in [2.75, 3.05) is 38.2 Å². The molecule has 3 rings (SSSR count). The van der Waals surface area contributed by atoms with Gasteiger partial charge in [0.1, 0.15) is 12.3 Å². The molecule has 2 heterocycles. The second kappa shape index (κ2) is 7.23. The second-order valence-electron chi connectivity index (χ2n) is 5.99. The molecule has 1 saturated heterocycles. The van der Waals surface area contributed by atoms with Crippen LogP contribution in [-0.4, -0.2) is 59.0 Å². The first-order chi connectivity index (χ1) is 12.0. The van der Waals surface area contributed by atoms with E-state index in [0.29, 0.717) is 29.6 Å². The molecular weight excluding hydrogens is 344 g/mol. The fourth-order valence-corrected chi connectivity index (χ4v) is 3.13. The van der Waals surface area contributed by atoms with Crippen molar-refractivity contribution in [1.82, 2.24) is 14.7 Å². The second-order valence-corrected chi connectivity index (χ2v) is 6.40. The number of benzene rings is 1. The number of nitrogens with zero attached hydrogens (tertiary/aromatic N) is 4. The SMILES string of the molecule is COc1cc(N2CCN(C(=O)Cn3nc(C)cc3O)CC2)ccc1Cl. The number of anilines is 1. The van der Waals surface area contributed by atoms with E-state index >= 15 is 0 Å². The molecule has 2 aromatic rings. The van der Waals surface area contributed by atoms with Crippen LogP contribution < -0.4 is 9.64 Å². The van der Waals surface area contributed by atoms with Crippen LogP contribution in [-0.2, 0) is 11.3 Å². The van der Waals surface area contributed by atoms with Crippen molar-refractivity contribution in [3.63, 3.8) is 0 Å². The normalized spacial score (nSPS) is 14.7. The van der Waals surface area contributed by atoms with Crippen molar-refractivity contribution >= 4 is 23.2 Å². The minimum Gasteiger partial charge on any atom is -0.495 e. The van der Waals surface area contributed by atoms with Crippen molar-refractivity contribution in [2.45, 2.75) is 13.5 Å². The molecular formula is C17H21ClN4O3. The maximum Gasteiger partial charge on any atom is 0.244 e.